The van der Waals surface area contributed by atoms with Gasteiger partial charge >= 0.3 is 0 Å². The maximum absolute atomic E-state index is 14.0. The SMILES string of the molecule is CC[C@@H](C(=O)NC(C)(C)C)N(Cc1ccc(Cl)cc1)C(=O)CN(c1ccc(Br)cc1)S(=O)(=O)c1ccccc1. The van der Waals surface area contributed by atoms with E-state index in [4.69, 9.17) is 11.6 Å². The first-order valence-corrected chi connectivity index (χ1v) is 15.1. The summed E-state index contributed by atoms with van der Waals surface area (Å²) in [5.41, 5.74) is 0.574. The van der Waals surface area contributed by atoms with Gasteiger partial charge in [0.25, 0.3) is 10.0 Å². The van der Waals surface area contributed by atoms with E-state index in [-0.39, 0.29) is 17.3 Å². The Kier molecular flexibility index (Phi) is 10.2. The van der Waals surface area contributed by atoms with Crippen molar-refractivity contribution < 1.29 is 18.0 Å². The van der Waals surface area contributed by atoms with E-state index in [1.54, 1.807) is 66.7 Å². The average Bonchev–Trinajstić information content (AvgIpc) is 2.88. The quantitative estimate of drug-likeness (QED) is 0.296. The van der Waals surface area contributed by atoms with Gasteiger partial charge in [-0.2, -0.15) is 0 Å². The van der Waals surface area contributed by atoms with E-state index >= 15 is 0 Å². The second-order valence-electron chi connectivity index (χ2n) is 10.1. The molecule has 0 radical (unpaired) electrons. The van der Waals surface area contributed by atoms with Gasteiger partial charge in [-0.1, -0.05) is 64.8 Å². The summed E-state index contributed by atoms with van der Waals surface area (Å²) in [4.78, 5) is 28.8. The molecule has 7 nitrogen and oxygen atoms in total. The minimum Gasteiger partial charge on any atom is -0.350 e. The molecule has 2 amide bonds. The highest BCUT2D eigenvalue weighted by molar-refractivity contribution is 9.10. The van der Waals surface area contributed by atoms with Crippen LogP contribution in [0.1, 0.15) is 39.7 Å². The molecule has 0 aromatic heterocycles. The van der Waals surface area contributed by atoms with Crippen molar-refractivity contribution in [3.05, 3.63) is 93.9 Å². The Balaban J connectivity index is 2.05. The summed E-state index contributed by atoms with van der Waals surface area (Å²) in [6.45, 7) is 7.03. The van der Waals surface area contributed by atoms with Crippen LogP contribution in [0.2, 0.25) is 5.02 Å². The summed E-state index contributed by atoms with van der Waals surface area (Å²) < 4.78 is 29.4. The topological polar surface area (TPSA) is 86.8 Å². The number of hydrogen-bond acceptors (Lipinski definition) is 4. The van der Waals surface area contributed by atoms with Gasteiger partial charge in [0.2, 0.25) is 11.8 Å². The summed E-state index contributed by atoms with van der Waals surface area (Å²) >= 11 is 9.44. The molecule has 3 aromatic rings. The molecule has 208 valence electrons. The molecule has 0 aliphatic rings. The Bertz CT molecular complexity index is 1380. The molecule has 0 saturated carbocycles. The number of rotatable bonds is 10. The van der Waals surface area contributed by atoms with Gasteiger partial charge < -0.3 is 10.2 Å². The van der Waals surface area contributed by atoms with E-state index in [0.717, 1.165) is 14.3 Å². The number of nitrogens with one attached hydrogen (secondary N) is 1. The molecule has 0 unspecified atom stereocenters. The standard InChI is InChI=1S/C29H33BrClN3O4S/c1-5-26(28(36)32-29(2,3)4)33(19-21-11-15-23(31)16-12-21)27(35)20-34(24-17-13-22(30)14-18-24)39(37,38)25-9-7-6-8-10-25/h6-18,26H,5,19-20H2,1-4H3,(H,32,36)/t26-/m0/s1. The zero-order chi connectivity index (χ0) is 28.8. The number of carbonyl (C=O) groups excluding carboxylic acids is 2. The fourth-order valence-corrected chi connectivity index (χ4v) is 5.84. The van der Waals surface area contributed by atoms with E-state index in [1.165, 1.54) is 17.0 Å². The molecule has 0 fully saturated rings. The predicted molar refractivity (Wildman–Crippen MR) is 159 cm³/mol. The van der Waals surface area contributed by atoms with E-state index in [2.05, 4.69) is 21.2 Å². The van der Waals surface area contributed by atoms with Crippen molar-refractivity contribution >= 4 is 55.1 Å². The number of amides is 2. The van der Waals surface area contributed by atoms with E-state index < -0.39 is 34.1 Å². The molecular weight excluding hydrogens is 602 g/mol. The van der Waals surface area contributed by atoms with Gasteiger partial charge in [0.15, 0.2) is 0 Å². The average molecular weight is 635 g/mol. The molecular formula is C29H33BrClN3O4S. The first-order valence-electron chi connectivity index (χ1n) is 12.5. The van der Waals surface area contributed by atoms with Gasteiger partial charge in [-0.25, -0.2) is 8.42 Å². The Morgan fingerprint density at radius 2 is 1.54 bits per heavy atom. The second kappa shape index (κ2) is 13.0. The first kappa shape index (κ1) is 30.7. The summed E-state index contributed by atoms with van der Waals surface area (Å²) in [7, 11) is -4.10. The third-order valence-corrected chi connectivity index (χ3v) is 8.44. The third-order valence-electron chi connectivity index (χ3n) is 5.87. The molecule has 3 aromatic carbocycles. The number of carbonyl (C=O) groups is 2. The lowest BCUT2D eigenvalue weighted by Crippen LogP contribution is -2.55. The van der Waals surface area contributed by atoms with Crippen molar-refractivity contribution in [3.8, 4) is 0 Å². The molecule has 0 heterocycles. The number of sulfonamides is 1. The molecule has 0 bridgehead atoms. The van der Waals surface area contributed by atoms with Crippen LogP contribution in [0.25, 0.3) is 0 Å². The van der Waals surface area contributed by atoms with Crippen molar-refractivity contribution in [2.45, 2.75) is 57.1 Å². The number of hydrogen-bond donors (Lipinski definition) is 1. The van der Waals surface area contributed by atoms with Crippen LogP contribution < -0.4 is 9.62 Å². The van der Waals surface area contributed by atoms with Gasteiger partial charge in [0.05, 0.1) is 10.6 Å². The van der Waals surface area contributed by atoms with E-state index in [9.17, 15) is 18.0 Å². The van der Waals surface area contributed by atoms with Crippen LogP contribution >= 0.6 is 27.5 Å². The van der Waals surface area contributed by atoms with Gasteiger partial charge in [0.1, 0.15) is 12.6 Å². The van der Waals surface area contributed by atoms with Crippen LogP contribution in [0.15, 0.2) is 88.2 Å². The highest BCUT2D eigenvalue weighted by atomic mass is 79.9. The van der Waals surface area contributed by atoms with Gasteiger partial charge in [-0.3, -0.25) is 13.9 Å². The van der Waals surface area contributed by atoms with Crippen molar-refractivity contribution in [1.29, 1.82) is 0 Å². The normalized spacial score (nSPS) is 12.5. The van der Waals surface area contributed by atoms with Crippen molar-refractivity contribution in [3.63, 3.8) is 0 Å². The monoisotopic (exact) mass is 633 g/mol. The highest BCUT2D eigenvalue weighted by Crippen LogP contribution is 2.26. The lowest BCUT2D eigenvalue weighted by Gasteiger charge is -2.34. The van der Waals surface area contributed by atoms with E-state index in [1.807, 2.05) is 27.7 Å². The predicted octanol–water partition coefficient (Wildman–Crippen LogP) is 6.02. The number of anilines is 1. The maximum Gasteiger partial charge on any atom is 0.264 e. The minimum absolute atomic E-state index is 0.0579. The lowest BCUT2D eigenvalue weighted by atomic mass is 10.1. The van der Waals surface area contributed by atoms with Crippen LogP contribution in [0.4, 0.5) is 5.69 Å². The Labute approximate surface area is 244 Å². The molecule has 0 saturated heterocycles. The zero-order valence-electron chi connectivity index (χ0n) is 22.4. The van der Waals surface area contributed by atoms with Crippen LogP contribution in [0.5, 0.6) is 0 Å². The van der Waals surface area contributed by atoms with Gasteiger partial charge in [-0.05, 0) is 81.3 Å². The second-order valence-corrected chi connectivity index (χ2v) is 13.3. The maximum atomic E-state index is 14.0. The highest BCUT2D eigenvalue weighted by Gasteiger charge is 2.34. The fourth-order valence-electron chi connectivity index (χ4n) is 4.01. The molecule has 1 atom stereocenters. The van der Waals surface area contributed by atoms with Crippen LogP contribution in [-0.2, 0) is 26.2 Å². The van der Waals surface area contributed by atoms with Crippen LogP contribution in [0, 0.1) is 0 Å². The molecule has 0 aliphatic carbocycles. The van der Waals surface area contributed by atoms with Gasteiger partial charge in [0, 0.05) is 21.6 Å². The van der Waals surface area contributed by atoms with Gasteiger partial charge in [-0.15, -0.1) is 0 Å². The summed E-state index contributed by atoms with van der Waals surface area (Å²) in [5, 5.41) is 3.50. The van der Waals surface area contributed by atoms with Crippen molar-refractivity contribution in [2.24, 2.45) is 0 Å². The Morgan fingerprint density at radius 3 is 2.08 bits per heavy atom. The molecule has 0 spiro atoms. The summed E-state index contributed by atoms with van der Waals surface area (Å²) in [6, 6.07) is 20.8. The smallest absolute Gasteiger partial charge is 0.264 e. The first-order chi connectivity index (χ1) is 18.3. The van der Waals surface area contributed by atoms with E-state index in [0.29, 0.717) is 17.1 Å². The molecule has 39 heavy (non-hydrogen) atoms. The largest absolute Gasteiger partial charge is 0.350 e. The number of halogens is 2. The fraction of sp³-hybridized carbons (Fsp3) is 0.310. The lowest BCUT2D eigenvalue weighted by molar-refractivity contribution is -0.141. The van der Waals surface area contributed by atoms with Crippen molar-refractivity contribution in [2.75, 3.05) is 10.8 Å². The Hall–Kier alpha value is -2.88. The van der Waals surface area contributed by atoms with Crippen molar-refractivity contribution in [1.82, 2.24) is 10.2 Å². The molecule has 3 rings (SSSR count). The summed E-state index contributed by atoms with van der Waals surface area (Å²) in [5.74, 6) is -0.822. The third kappa shape index (κ3) is 8.30. The molecule has 0 aliphatic heterocycles. The summed E-state index contributed by atoms with van der Waals surface area (Å²) in [6.07, 6.45) is 0.338. The van der Waals surface area contributed by atoms with Crippen LogP contribution in [-0.4, -0.2) is 43.3 Å². The van der Waals surface area contributed by atoms with Crippen LogP contribution in [0.3, 0.4) is 0 Å². The number of benzene rings is 3. The Morgan fingerprint density at radius 1 is 0.949 bits per heavy atom. The minimum atomic E-state index is -4.10. The zero-order valence-corrected chi connectivity index (χ0v) is 25.6. The molecule has 1 N–H and O–H groups in total. The molecule has 10 heteroatoms. The number of nitrogens with zero attached hydrogens (tertiary/aromatic N) is 2.